The Morgan fingerprint density at radius 1 is 1.07 bits per heavy atom. The maximum absolute atomic E-state index is 13.1. The van der Waals surface area contributed by atoms with Crippen molar-refractivity contribution < 1.29 is 9.21 Å². The third-order valence-electron chi connectivity index (χ3n) is 5.24. The van der Waals surface area contributed by atoms with Crippen LogP contribution in [0.4, 0.5) is 0 Å². The van der Waals surface area contributed by atoms with Crippen LogP contribution in [-0.4, -0.2) is 29.9 Å². The van der Waals surface area contributed by atoms with Gasteiger partial charge in [0, 0.05) is 30.3 Å². The summed E-state index contributed by atoms with van der Waals surface area (Å²) in [6, 6.07) is 14.8. The van der Waals surface area contributed by atoms with Crippen molar-refractivity contribution in [2.75, 3.05) is 13.1 Å². The fraction of sp³-hybridized carbons (Fsp3) is 0.273. The third-order valence-corrected chi connectivity index (χ3v) is 5.24. The summed E-state index contributed by atoms with van der Waals surface area (Å²) < 4.78 is 6.15. The number of halogens is 1. The summed E-state index contributed by atoms with van der Waals surface area (Å²) in [6.45, 7) is 3.00. The van der Waals surface area contributed by atoms with E-state index in [1.807, 2.05) is 30.3 Å². The Morgan fingerprint density at radius 2 is 1.75 bits per heavy atom. The van der Waals surface area contributed by atoms with E-state index in [0.717, 1.165) is 18.4 Å². The summed E-state index contributed by atoms with van der Waals surface area (Å²) in [4.78, 5) is 27.8. The second kappa shape index (κ2) is 8.17. The summed E-state index contributed by atoms with van der Waals surface area (Å²) in [7, 11) is 0. The molecule has 1 aliphatic heterocycles. The first-order chi connectivity index (χ1) is 13.1. The zero-order chi connectivity index (χ0) is 19.0. The van der Waals surface area contributed by atoms with Crippen LogP contribution in [0.5, 0.6) is 0 Å². The van der Waals surface area contributed by atoms with Crippen molar-refractivity contribution in [3.05, 3.63) is 69.9 Å². The largest absolute Gasteiger partial charge is 0.455 e. The van der Waals surface area contributed by atoms with E-state index >= 15 is 0 Å². The maximum atomic E-state index is 13.1. The average molecular weight is 399 g/mol. The maximum Gasteiger partial charge on any atom is 0.257 e. The van der Waals surface area contributed by atoms with Gasteiger partial charge in [-0.25, -0.2) is 0 Å². The second-order valence-corrected chi connectivity index (χ2v) is 7.06. The molecule has 5 nitrogen and oxygen atoms in total. The lowest BCUT2D eigenvalue weighted by Crippen LogP contribution is -2.42. The van der Waals surface area contributed by atoms with Gasteiger partial charge in [0.1, 0.15) is 5.76 Å². The number of benzene rings is 2. The normalized spacial score (nSPS) is 14.7. The number of carbonyl (C=O) groups is 1. The van der Waals surface area contributed by atoms with E-state index < -0.39 is 0 Å². The molecule has 2 aromatic carbocycles. The molecular weight excluding hydrogens is 376 g/mol. The fourth-order valence-corrected chi connectivity index (χ4v) is 3.62. The number of para-hydroxylation sites is 1. The quantitative estimate of drug-likeness (QED) is 0.713. The molecule has 1 fully saturated rings. The predicted octanol–water partition coefficient (Wildman–Crippen LogP) is 3.75. The van der Waals surface area contributed by atoms with Gasteiger partial charge < -0.3 is 15.1 Å². The van der Waals surface area contributed by atoms with Crippen LogP contribution in [0.15, 0.2) is 57.7 Å². The monoisotopic (exact) mass is 398 g/mol. The highest BCUT2D eigenvalue weighted by Gasteiger charge is 2.25. The highest BCUT2D eigenvalue weighted by atomic mass is 35.5. The average Bonchev–Trinajstić information content (AvgIpc) is 2.71. The van der Waals surface area contributed by atoms with Crippen LogP contribution in [0.3, 0.4) is 0 Å². The van der Waals surface area contributed by atoms with E-state index in [4.69, 9.17) is 10.2 Å². The number of hydrogen-bond acceptors (Lipinski definition) is 4. The fourth-order valence-electron chi connectivity index (χ4n) is 3.62. The van der Waals surface area contributed by atoms with E-state index in [-0.39, 0.29) is 29.8 Å². The first-order valence-corrected chi connectivity index (χ1v) is 9.23. The van der Waals surface area contributed by atoms with Crippen molar-refractivity contribution in [2.24, 2.45) is 5.73 Å². The van der Waals surface area contributed by atoms with Crippen molar-refractivity contribution in [1.29, 1.82) is 0 Å². The van der Waals surface area contributed by atoms with Gasteiger partial charge in [-0.2, -0.15) is 0 Å². The van der Waals surface area contributed by atoms with E-state index in [1.165, 1.54) is 0 Å². The first kappa shape index (κ1) is 20.1. The molecule has 146 valence electrons. The van der Waals surface area contributed by atoms with Gasteiger partial charge in [0.15, 0.2) is 11.0 Å². The van der Waals surface area contributed by atoms with E-state index in [9.17, 15) is 9.59 Å². The van der Waals surface area contributed by atoms with Crippen LogP contribution < -0.4 is 11.2 Å². The molecule has 1 aromatic heterocycles. The Labute approximate surface area is 169 Å². The van der Waals surface area contributed by atoms with Crippen LogP contribution in [0.1, 0.15) is 28.8 Å². The molecule has 2 N–H and O–H groups in total. The summed E-state index contributed by atoms with van der Waals surface area (Å²) >= 11 is 0. The van der Waals surface area contributed by atoms with Gasteiger partial charge in [0.2, 0.25) is 0 Å². The number of rotatable bonds is 2. The highest BCUT2D eigenvalue weighted by Crippen LogP contribution is 2.28. The molecule has 0 atom stereocenters. The van der Waals surface area contributed by atoms with Crippen LogP contribution in [0.2, 0.25) is 0 Å². The molecule has 2 heterocycles. The van der Waals surface area contributed by atoms with E-state index in [0.29, 0.717) is 40.9 Å². The Balaban J connectivity index is 0.00000225. The SMILES string of the molecule is Cc1c(-c2ccccc2)oc2c(C(=O)N3CCC(N)CC3)cccc2c1=O.Cl. The topological polar surface area (TPSA) is 76.5 Å². The van der Waals surface area contributed by atoms with Gasteiger partial charge in [0.05, 0.1) is 10.9 Å². The minimum Gasteiger partial charge on any atom is -0.455 e. The predicted molar refractivity (Wildman–Crippen MR) is 113 cm³/mol. The number of likely N-dealkylation sites (tertiary alicyclic amines) is 1. The van der Waals surface area contributed by atoms with Crippen molar-refractivity contribution in [3.63, 3.8) is 0 Å². The van der Waals surface area contributed by atoms with Crippen molar-refractivity contribution in [1.82, 2.24) is 4.90 Å². The van der Waals surface area contributed by atoms with E-state index in [2.05, 4.69) is 0 Å². The standard InChI is InChI=1S/C22H22N2O3.ClH/c1-14-19(25)17-8-5-9-18(22(26)24-12-10-16(23)11-13-24)21(17)27-20(14)15-6-3-2-4-7-15;/h2-9,16H,10-13,23H2,1H3;1H. The molecule has 0 aliphatic carbocycles. The molecule has 0 bridgehead atoms. The lowest BCUT2D eigenvalue weighted by Gasteiger charge is -2.30. The first-order valence-electron chi connectivity index (χ1n) is 9.23. The summed E-state index contributed by atoms with van der Waals surface area (Å²) in [5.74, 6) is 0.396. The Morgan fingerprint density at radius 3 is 2.43 bits per heavy atom. The summed E-state index contributed by atoms with van der Waals surface area (Å²) in [5, 5.41) is 0.437. The smallest absolute Gasteiger partial charge is 0.257 e. The van der Waals surface area contributed by atoms with Crippen molar-refractivity contribution >= 4 is 29.3 Å². The van der Waals surface area contributed by atoms with Gasteiger partial charge >= 0.3 is 0 Å². The molecule has 0 spiro atoms. The molecule has 6 heteroatoms. The summed E-state index contributed by atoms with van der Waals surface area (Å²) in [5.41, 5.74) is 7.99. The number of piperidine rings is 1. The zero-order valence-electron chi connectivity index (χ0n) is 15.7. The Bertz CT molecular complexity index is 1050. The molecule has 3 aromatic rings. The lowest BCUT2D eigenvalue weighted by molar-refractivity contribution is 0.0715. The molecule has 0 unspecified atom stereocenters. The van der Waals surface area contributed by atoms with Gasteiger partial charge in [-0.3, -0.25) is 9.59 Å². The molecule has 4 rings (SSSR count). The number of carbonyl (C=O) groups excluding carboxylic acids is 1. The number of nitrogens with zero attached hydrogens (tertiary/aromatic N) is 1. The number of hydrogen-bond donors (Lipinski definition) is 1. The van der Waals surface area contributed by atoms with Crippen molar-refractivity contribution in [2.45, 2.75) is 25.8 Å². The van der Waals surface area contributed by atoms with Gasteiger partial charge in [0.25, 0.3) is 5.91 Å². The molecular formula is C22H23ClN2O3. The number of nitrogens with two attached hydrogens (primary N) is 1. The minimum atomic E-state index is -0.112. The molecule has 0 saturated carbocycles. The summed E-state index contributed by atoms with van der Waals surface area (Å²) in [6.07, 6.45) is 1.57. The minimum absolute atomic E-state index is 0. The molecule has 1 saturated heterocycles. The molecule has 28 heavy (non-hydrogen) atoms. The van der Waals surface area contributed by atoms with Crippen LogP contribution in [-0.2, 0) is 0 Å². The number of amides is 1. The number of fused-ring (bicyclic) bond motifs is 1. The molecule has 1 aliphatic rings. The highest BCUT2D eigenvalue weighted by molar-refractivity contribution is 6.05. The molecule has 0 radical (unpaired) electrons. The lowest BCUT2D eigenvalue weighted by atomic mass is 10.0. The van der Waals surface area contributed by atoms with Gasteiger partial charge in [-0.15, -0.1) is 12.4 Å². The van der Waals surface area contributed by atoms with Gasteiger partial charge in [-0.1, -0.05) is 36.4 Å². The Kier molecular flexibility index (Phi) is 5.87. The van der Waals surface area contributed by atoms with Crippen LogP contribution in [0.25, 0.3) is 22.3 Å². The Hall–Kier alpha value is -2.63. The van der Waals surface area contributed by atoms with Gasteiger partial charge in [-0.05, 0) is 31.9 Å². The van der Waals surface area contributed by atoms with E-state index in [1.54, 1.807) is 30.0 Å². The van der Waals surface area contributed by atoms with Crippen molar-refractivity contribution in [3.8, 4) is 11.3 Å². The zero-order valence-corrected chi connectivity index (χ0v) is 16.5. The van der Waals surface area contributed by atoms with Crippen LogP contribution >= 0.6 is 12.4 Å². The van der Waals surface area contributed by atoms with Crippen LogP contribution in [0, 0.1) is 6.92 Å². The second-order valence-electron chi connectivity index (χ2n) is 7.06. The molecule has 1 amide bonds. The third kappa shape index (κ3) is 3.55.